The summed E-state index contributed by atoms with van der Waals surface area (Å²) < 4.78 is 5.89. The third-order valence-corrected chi connectivity index (χ3v) is 8.42. The molecular weight excluding hydrogens is 388 g/mol. The summed E-state index contributed by atoms with van der Waals surface area (Å²) in [6.45, 7) is 6.72. The Morgan fingerprint density at radius 2 is 1.77 bits per heavy atom. The quantitative estimate of drug-likeness (QED) is 0.751. The molecule has 1 aromatic carbocycles. The Morgan fingerprint density at radius 1 is 1.13 bits per heavy atom. The standard InChI is InChI=1S/C26H36N2O3/c1-16-4-5-23-22(8-16)28(15-17(2)31-23)25(30)7-6-24(29)27-18(3)26-12-19-9-20(13-26)11-21(10-19)14-26/h4-5,8,17-21H,6-7,9-15H2,1-3H3,(H,27,29)/t17-,18-,19?,20?,21?,26?/m1/s1. The van der Waals surface area contributed by atoms with Crippen LogP contribution in [-0.2, 0) is 9.59 Å². The van der Waals surface area contributed by atoms with Crippen LogP contribution in [0.5, 0.6) is 5.75 Å². The summed E-state index contributed by atoms with van der Waals surface area (Å²) in [4.78, 5) is 27.6. The molecule has 2 amide bonds. The average molecular weight is 425 g/mol. The van der Waals surface area contributed by atoms with Crippen molar-refractivity contribution in [3.05, 3.63) is 23.8 Å². The zero-order chi connectivity index (χ0) is 21.8. The van der Waals surface area contributed by atoms with Gasteiger partial charge in [0.1, 0.15) is 11.9 Å². The predicted molar refractivity (Wildman–Crippen MR) is 121 cm³/mol. The first kappa shape index (κ1) is 20.8. The van der Waals surface area contributed by atoms with Crippen LogP contribution in [0.15, 0.2) is 18.2 Å². The minimum absolute atomic E-state index is 0.000363. The second-order valence-electron chi connectivity index (χ2n) is 11.0. The van der Waals surface area contributed by atoms with Crippen molar-refractivity contribution in [3.63, 3.8) is 0 Å². The molecule has 4 aliphatic carbocycles. The molecule has 0 unspecified atom stereocenters. The fourth-order valence-corrected chi connectivity index (χ4v) is 7.31. The average Bonchev–Trinajstić information content (AvgIpc) is 2.70. The number of rotatable bonds is 5. The zero-order valence-corrected chi connectivity index (χ0v) is 19.2. The number of hydrogen-bond donors (Lipinski definition) is 1. The SMILES string of the molecule is Cc1ccc2c(c1)N(C(=O)CCC(=O)N[C@H](C)C13CC4CC(CC(C4)C1)C3)C[C@@H](C)O2. The molecular formula is C26H36N2O3. The number of benzene rings is 1. The lowest BCUT2D eigenvalue weighted by Gasteiger charge is -2.59. The summed E-state index contributed by atoms with van der Waals surface area (Å²) in [5.74, 6) is 3.39. The van der Waals surface area contributed by atoms with Crippen molar-refractivity contribution in [2.75, 3.05) is 11.4 Å². The summed E-state index contributed by atoms with van der Waals surface area (Å²) in [7, 11) is 0. The number of nitrogens with zero attached hydrogens (tertiary/aromatic N) is 1. The molecule has 1 aromatic rings. The third kappa shape index (κ3) is 3.96. The number of anilines is 1. The number of ether oxygens (including phenoxy) is 1. The molecule has 2 atom stereocenters. The van der Waals surface area contributed by atoms with Crippen molar-refractivity contribution in [1.82, 2.24) is 5.32 Å². The van der Waals surface area contributed by atoms with Crippen LogP contribution >= 0.6 is 0 Å². The lowest BCUT2D eigenvalue weighted by atomic mass is 9.48. The first-order valence-corrected chi connectivity index (χ1v) is 12.2. The maximum atomic E-state index is 13.0. The molecule has 4 saturated carbocycles. The van der Waals surface area contributed by atoms with Gasteiger partial charge in [-0.2, -0.15) is 0 Å². The van der Waals surface area contributed by atoms with Gasteiger partial charge in [-0.3, -0.25) is 9.59 Å². The number of aryl methyl sites for hydroxylation is 1. The molecule has 5 heteroatoms. The maximum absolute atomic E-state index is 13.0. The summed E-state index contributed by atoms with van der Waals surface area (Å²) in [5, 5.41) is 3.30. The van der Waals surface area contributed by atoms with E-state index >= 15 is 0 Å². The highest BCUT2D eigenvalue weighted by molar-refractivity contribution is 5.97. The Bertz CT molecular complexity index is 844. The molecule has 4 bridgehead atoms. The van der Waals surface area contributed by atoms with Crippen LogP contribution < -0.4 is 15.0 Å². The van der Waals surface area contributed by atoms with Gasteiger partial charge in [-0.25, -0.2) is 0 Å². The van der Waals surface area contributed by atoms with Crippen molar-refractivity contribution in [2.45, 2.75) is 84.3 Å². The Kier molecular flexibility index (Phi) is 5.26. The Hall–Kier alpha value is -2.04. The highest BCUT2D eigenvalue weighted by atomic mass is 16.5. The maximum Gasteiger partial charge on any atom is 0.227 e. The second kappa shape index (κ2) is 7.83. The summed E-state index contributed by atoms with van der Waals surface area (Å²) in [6, 6.07) is 6.13. The molecule has 0 saturated heterocycles. The van der Waals surface area contributed by atoms with Crippen LogP contribution in [0.25, 0.3) is 0 Å². The van der Waals surface area contributed by atoms with Crippen molar-refractivity contribution < 1.29 is 14.3 Å². The smallest absolute Gasteiger partial charge is 0.227 e. The fraction of sp³-hybridized carbons (Fsp3) is 0.692. The van der Waals surface area contributed by atoms with E-state index in [0.29, 0.717) is 12.0 Å². The Labute approximate surface area is 185 Å². The van der Waals surface area contributed by atoms with Gasteiger partial charge in [0.05, 0.1) is 12.2 Å². The van der Waals surface area contributed by atoms with Crippen LogP contribution in [0.2, 0.25) is 0 Å². The van der Waals surface area contributed by atoms with Crippen LogP contribution in [0.4, 0.5) is 5.69 Å². The van der Waals surface area contributed by atoms with Gasteiger partial charge in [-0.05, 0) is 100 Å². The van der Waals surface area contributed by atoms with Crippen LogP contribution in [0.1, 0.15) is 70.8 Å². The monoisotopic (exact) mass is 424 g/mol. The first-order valence-electron chi connectivity index (χ1n) is 12.2. The first-order chi connectivity index (χ1) is 14.8. The van der Waals surface area contributed by atoms with Gasteiger partial charge >= 0.3 is 0 Å². The molecule has 5 nitrogen and oxygen atoms in total. The lowest BCUT2D eigenvalue weighted by molar-refractivity contribution is -0.128. The van der Waals surface area contributed by atoms with E-state index in [0.717, 1.165) is 34.8 Å². The molecule has 1 aliphatic heterocycles. The molecule has 168 valence electrons. The normalized spacial score (nSPS) is 34.1. The van der Waals surface area contributed by atoms with Crippen LogP contribution in [-0.4, -0.2) is 30.5 Å². The zero-order valence-electron chi connectivity index (χ0n) is 19.2. The van der Waals surface area contributed by atoms with E-state index in [1.54, 1.807) is 4.90 Å². The van der Waals surface area contributed by atoms with Gasteiger partial charge in [0.2, 0.25) is 11.8 Å². The lowest BCUT2D eigenvalue weighted by Crippen LogP contribution is -2.55. The van der Waals surface area contributed by atoms with Crippen molar-refractivity contribution >= 4 is 17.5 Å². The van der Waals surface area contributed by atoms with Gasteiger partial charge in [0.25, 0.3) is 0 Å². The molecule has 5 aliphatic rings. The number of fused-ring (bicyclic) bond motifs is 1. The minimum atomic E-state index is -0.0518. The molecule has 0 spiro atoms. The van der Waals surface area contributed by atoms with Gasteiger partial charge in [-0.15, -0.1) is 0 Å². The largest absolute Gasteiger partial charge is 0.487 e. The topological polar surface area (TPSA) is 58.6 Å². The Morgan fingerprint density at radius 3 is 2.42 bits per heavy atom. The van der Waals surface area contributed by atoms with Gasteiger partial charge < -0.3 is 15.0 Å². The van der Waals surface area contributed by atoms with Crippen LogP contribution in [0, 0.1) is 30.1 Å². The van der Waals surface area contributed by atoms with E-state index in [-0.39, 0.29) is 36.8 Å². The van der Waals surface area contributed by atoms with E-state index in [9.17, 15) is 9.59 Å². The molecule has 0 aromatic heterocycles. The fourth-order valence-electron chi connectivity index (χ4n) is 7.31. The molecule has 1 heterocycles. The van der Waals surface area contributed by atoms with Gasteiger partial charge in [0.15, 0.2) is 0 Å². The second-order valence-corrected chi connectivity index (χ2v) is 11.0. The number of carbonyl (C=O) groups is 2. The van der Waals surface area contributed by atoms with E-state index < -0.39 is 0 Å². The predicted octanol–water partition coefficient (Wildman–Crippen LogP) is 4.61. The minimum Gasteiger partial charge on any atom is -0.487 e. The summed E-state index contributed by atoms with van der Waals surface area (Å²) in [5.41, 5.74) is 2.21. The van der Waals surface area contributed by atoms with E-state index in [1.165, 1.54) is 38.5 Å². The number of nitrogens with one attached hydrogen (secondary N) is 1. The van der Waals surface area contributed by atoms with Crippen molar-refractivity contribution in [3.8, 4) is 5.75 Å². The van der Waals surface area contributed by atoms with E-state index in [2.05, 4.69) is 12.2 Å². The number of carbonyl (C=O) groups excluding carboxylic acids is 2. The van der Waals surface area contributed by atoms with Gasteiger partial charge in [0, 0.05) is 18.9 Å². The molecule has 4 fully saturated rings. The molecule has 6 rings (SSSR count). The molecule has 31 heavy (non-hydrogen) atoms. The van der Waals surface area contributed by atoms with Crippen LogP contribution in [0.3, 0.4) is 0 Å². The molecule has 1 N–H and O–H groups in total. The van der Waals surface area contributed by atoms with E-state index in [4.69, 9.17) is 4.74 Å². The number of amides is 2. The van der Waals surface area contributed by atoms with Crippen molar-refractivity contribution in [2.24, 2.45) is 23.2 Å². The number of hydrogen-bond acceptors (Lipinski definition) is 3. The third-order valence-electron chi connectivity index (χ3n) is 8.42. The summed E-state index contributed by atoms with van der Waals surface area (Å²) >= 11 is 0. The molecule has 0 radical (unpaired) electrons. The van der Waals surface area contributed by atoms with Gasteiger partial charge in [-0.1, -0.05) is 6.07 Å². The van der Waals surface area contributed by atoms with E-state index in [1.807, 2.05) is 32.0 Å². The highest BCUT2D eigenvalue weighted by Gasteiger charge is 2.53. The van der Waals surface area contributed by atoms with Crippen molar-refractivity contribution in [1.29, 1.82) is 0 Å². The highest BCUT2D eigenvalue weighted by Crippen LogP contribution is 2.61. The summed E-state index contributed by atoms with van der Waals surface area (Å²) in [6.07, 6.45) is 8.50. The Balaban J connectivity index is 1.19.